The van der Waals surface area contributed by atoms with Crippen LogP contribution in [0.15, 0.2) is 30.3 Å². The van der Waals surface area contributed by atoms with Crippen LogP contribution in [0.25, 0.3) is 0 Å². The average Bonchev–Trinajstić information content (AvgIpc) is 2.96. The summed E-state index contributed by atoms with van der Waals surface area (Å²) >= 11 is 0. The van der Waals surface area contributed by atoms with Gasteiger partial charge in [0, 0.05) is 25.4 Å². The minimum absolute atomic E-state index is 0.0345. The summed E-state index contributed by atoms with van der Waals surface area (Å²) in [6.45, 7) is 3.59. The molecule has 1 aromatic rings. The Morgan fingerprint density at radius 1 is 1.24 bits per heavy atom. The summed E-state index contributed by atoms with van der Waals surface area (Å²) in [5.74, 6) is 2.88. The van der Waals surface area contributed by atoms with Gasteiger partial charge in [-0.15, -0.1) is 6.42 Å². The monoisotopic (exact) mass is 339 g/mol. The molecule has 2 heterocycles. The molecule has 0 unspecified atom stereocenters. The fourth-order valence-electron chi connectivity index (χ4n) is 3.63. The Hall–Kier alpha value is -2.32. The van der Waals surface area contributed by atoms with Crippen molar-refractivity contribution in [2.24, 2.45) is 5.92 Å². The molecule has 1 N–H and O–H groups in total. The van der Waals surface area contributed by atoms with Gasteiger partial charge in [0.25, 0.3) is 0 Å². The highest BCUT2D eigenvalue weighted by Gasteiger charge is 2.33. The average molecular weight is 339 g/mol. The van der Waals surface area contributed by atoms with E-state index in [1.54, 1.807) is 0 Å². The number of nitrogens with one attached hydrogen (secondary N) is 1. The van der Waals surface area contributed by atoms with E-state index in [1.807, 2.05) is 35.2 Å². The molecule has 2 amide bonds. The molecule has 2 saturated heterocycles. The minimum Gasteiger partial charge on any atom is -0.351 e. The molecule has 2 aliphatic rings. The lowest BCUT2D eigenvalue weighted by Crippen LogP contribution is -2.44. The van der Waals surface area contributed by atoms with Crippen molar-refractivity contribution in [2.45, 2.75) is 31.8 Å². The number of piperidine rings is 1. The molecule has 0 aliphatic carbocycles. The van der Waals surface area contributed by atoms with Crippen molar-refractivity contribution < 1.29 is 9.59 Å². The molecule has 5 nitrogen and oxygen atoms in total. The Kier molecular flexibility index (Phi) is 5.72. The Morgan fingerprint density at radius 2 is 1.96 bits per heavy atom. The number of carbonyl (C=O) groups is 2. The molecule has 3 rings (SSSR count). The molecule has 0 saturated carbocycles. The normalized spacial score (nSPS) is 22.0. The largest absolute Gasteiger partial charge is 0.351 e. The summed E-state index contributed by atoms with van der Waals surface area (Å²) < 4.78 is 0. The zero-order valence-electron chi connectivity index (χ0n) is 14.5. The first-order valence-electron chi connectivity index (χ1n) is 8.93. The van der Waals surface area contributed by atoms with E-state index in [0.29, 0.717) is 26.1 Å². The van der Waals surface area contributed by atoms with Gasteiger partial charge >= 0.3 is 0 Å². The predicted octanol–water partition coefficient (Wildman–Crippen LogP) is 1.25. The second-order valence-electron chi connectivity index (χ2n) is 6.92. The molecule has 1 aromatic carbocycles. The van der Waals surface area contributed by atoms with Crippen LogP contribution in [-0.4, -0.2) is 53.8 Å². The third kappa shape index (κ3) is 4.61. The van der Waals surface area contributed by atoms with Crippen molar-refractivity contribution in [1.82, 2.24) is 15.1 Å². The number of terminal acetylenes is 1. The van der Waals surface area contributed by atoms with Crippen LogP contribution < -0.4 is 5.32 Å². The highest BCUT2D eigenvalue weighted by molar-refractivity contribution is 5.83. The van der Waals surface area contributed by atoms with Crippen LogP contribution in [0.5, 0.6) is 0 Å². The van der Waals surface area contributed by atoms with Gasteiger partial charge in [-0.2, -0.15) is 0 Å². The molecular formula is C20H25N3O2. The van der Waals surface area contributed by atoms with Gasteiger partial charge in [0.2, 0.25) is 11.8 Å². The fraction of sp³-hybridized carbons (Fsp3) is 0.500. The first-order chi connectivity index (χ1) is 12.2. The van der Waals surface area contributed by atoms with Gasteiger partial charge in [0.15, 0.2) is 0 Å². The molecule has 2 fully saturated rings. The number of rotatable bonds is 5. The van der Waals surface area contributed by atoms with Crippen molar-refractivity contribution in [1.29, 1.82) is 0 Å². The SMILES string of the molecule is C#CCN1CCC(C(=O)N[C@@H]2CC(=O)N(Cc3ccccc3)C2)CC1. The molecule has 0 radical (unpaired) electrons. The molecule has 132 valence electrons. The van der Waals surface area contributed by atoms with E-state index in [0.717, 1.165) is 31.5 Å². The van der Waals surface area contributed by atoms with E-state index >= 15 is 0 Å². The molecule has 0 bridgehead atoms. The van der Waals surface area contributed by atoms with Crippen LogP contribution in [0.2, 0.25) is 0 Å². The lowest BCUT2D eigenvalue weighted by atomic mass is 9.95. The second-order valence-corrected chi connectivity index (χ2v) is 6.92. The molecule has 0 aromatic heterocycles. The van der Waals surface area contributed by atoms with E-state index in [9.17, 15) is 9.59 Å². The van der Waals surface area contributed by atoms with Crippen molar-refractivity contribution in [3.8, 4) is 12.3 Å². The first-order valence-corrected chi connectivity index (χ1v) is 8.93. The zero-order chi connectivity index (χ0) is 17.6. The third-order valence-corrected chi connectivity index (χ3v) is 5.05. The lowest BCUT2D eigenvalue weighted by Gasteiger charge is -2.30. The van der Waals surface area contributed by atoms with E-state index < -0.39 is 0 Å². The van der Waals surface area contributed by atoms with E-state index in [-0.39, 0.29) is 23.8 Å². The maximum absolute atomic E-state index is 12.5. The van der Waals surface area contributed by atoms with Gasteiger partial charge < -0.3 is 10.2 Å². The van der Waals surface area contributed by atoms with Crippen molar-refractivity contribution in [3.63, 3.8) is 0 Å². The Balaban J connectivity index is 1.47. The van der Waals surface area contributed by atoms with Gasteiger partial charge in [-0.25, -0.2) is 0 Å². The van der Waals surface area contributed by atoms with Crippen LogP contribution in [0.4, 0.5) is 0 Å². The summed E-state index contributed by atoms with van der Waals surface area (Å²) in [5, 5.41) is 3.08. The smallest absolute Gasteiger partial charge is 0.225 e. The summed E-state index contributed by atoms with van der Waals surface area (Å²) in [4.78, 5) is 28.7. The van der Waals surface area contributed by atoms with Gasteiger partial charge in [0.05, 0.1) is 12.6 Å². The molecule has 5 heteroatoms. The zero-order valence-corrected chi connectivity index (χ0v) is 14.5. The second kappa shape index (κ2) is 8.17. The van der Waals surface area contributed by atoms with Gasteiger partial charge in [0.1, 0.15) is 0 Å². The topological polar surface area (TPSA) is 52.7 Å². The summed E-state index contributed by atoms with van der Waals surface area (Å²) in [6, 6.07) is 9.87. The standard InChI is InChI=1S/C20H25N3O2/c1-2-10-22-11-8-17(9-12-22)20(25)21-18-13-19(24)23(15-18)14-16-6-4-3-5-7-16/h1,3-7,17-18H,8-15H2,(H,21,25)/t18-/m1/s1. The van der Waals surface area contributed by atoms with Crippen LogP contribution in [0.1, 0.15) is 24.8 Å². The molecular weight excluding hydrogens is 314 g/mol. The van der Waals surface area contributed by atoms with Crippen LogP contribution in [-0.2, 0) is 16.1 Å². The number of hydrogen-bond acceptors (Lipinski definition) is 3. The number of amides is 2. The summed E-state index contributed by atoms with van der Waals surface area (Å²) in [7, 11) is 0. The molecule has 25 heavy (non-hydrogen) atoms. The number of nitrogens with zero attached hydrogens (tertiary/aromatic N) is 2. The van der Waals surface area contributed by atoms with Crippen molar-refractivity contribution in [2.75, 3.05) is 26.2 Å². The molecule has 1 atom stereocenters. The molecule has 0 spiro atoms. The summed E-state index contributed by atoms with van der Waals surface area (Å²) in [6.07, 6.45) is 7.40. The number of benzene rings is 1. The van der Waals surface area contributed by atoms with Crippen molar-refractivity contribution >= 4 is 11.8 Å². The van der Waals surface area contributed by atoms with Crippen LogP contribution >= 0.6 is 0 Å². The minimum atomic E-state index is -0.0764. The van der Waals surface area contributed by atoms with E-state index in [4.69, 9.17) is 6.42 Å². The van der Waals surface area contributed by atoms with Crippen LogP contribution in [0, 0.1) is 18.3 Å². The highest BCUT2D eigenvalue weighted by atomic mass is 16.2. The Labute approximate surface area is 149 Å². The van der Waals surface area contributed by atoms with Gasteiger partial charge in [-0.05, 0) is 31.5 Å². The maximum Gasteiger partial charge on any atom is 0.225 e. The number of carbonyl (C=O) groups excluding carboxylic acids is 2. The maximum atomic E-state index is 12.5. The number of hydrogen-bond donors (Lipinski definition) is 1. The first kappa shape index (κ1) is 17.5. The quantitative estimate of drug-likeness (QED) is 0.822. The Bertz CT molecular complexity index is 645. The van der Waals surface area contributed by atoms with Crippen molar-refractivity contribution in [3.05, 3.63) is 35.9 Å². The van der Waals surface area contributed by atoms with Gasteiger partial charge in [-0.3, -0.25) is 14.5 Å². The van der Waals surface area contributed by atoms with E-state index in [1.165, 1.54) is 0 Å². The summed E-state index contributed by atoms with van der Waals surface area (Å²) in [5.41, 5.74) is 1.11. The predicted molar refractivity (Wildman–Crippen MR) is 96.4 cm³/mol. The lowest BCUT2D eigenvalue weighted by molar-refractivity contribution is -0.128. The Morgan fingerprint density at radius 3 is 2.64 bits per heavy atom. The van der Waals surface area contributed by atoms with Gasteiger partial charge in [-0.1, -0.05) is 36.3 Å². The van der Waals surface area contributed by atoms with Crippen LogP contribution in [0.3, 0.4) is 0 Å². The fourth-order valence-corrected chi connectivity index (χ4v) is 3.63. The molecule has 2 aliphatic heterocycles. The highest BCUT2D eigenvalue weighted by Crippen LogP contribution is 2.19. The third-order valence-electron chi connectivity index (χ3n) is 5.05. The number of likely N-dealkylation sites (tertiary alicyclic amines) is 2. The van der Waals surface area contributed by atoms with E-state index in [2.05, 4.69) is 16.1 Å².